The molecule has 0 aliphatic heterocycles. The van der Waals surface area contributed by atoms with Crippen molar-refractivity contribution in [2.75, 3.05) is 0 Å². The van der Waals surface area contributed by atoms with E-state index in [2.05, 4.69) is 159 Å². The van der Waals surface area contributed by atoms with Gasteiger partial charge >= 0.3 is 11.9 Å². The van der Waals surface area contributed by atoms with Gasteiger partial charge in [-0.25, -0.2) is 0 Å². The SMILES string of the molecule is O=C(CCC(=O)OCc1c(Br)c(Br)c(Br)c(Br)c1Br)OCc1c(Br)c(Br)c(Br)c(Br)c1Br. The molecule has 0 bridgehead atoms. The van der Waals surface area contributed by atoms with E-state index in [9.17, 15) is 9.59 Å². The average molecular weight is 1090 g/mol. The van der Waals surface area contributed by atoms with Gasteiger partial charge in [-0.2, -0.15) is 0 Å². The number of hydrogen-bond acceptors (Lipinski definition) is 4. The molecule has 0 aliphatic rings. The van der Waals surface area contributed by atoms with Gasteiger partial charge in [0, 0.05) is 55.9 Å². The molecule has 14 heteroatoms. The van der Waals surface area contributed by atoms with Crippen molar-refractivity contribution in [3.05, 3.63) is 55.9 Å². The van der Waals surface area contributed by atoms with E-state index in [-0.39, 0.29) is 26.1 Å². The predicted molar refractivity (Wildman–Crippen MR) is 159 cm³/mol. The average Bonchev–Trinajstić information content (AvgIpc) is 2.77. The lowest BCUT2D eigenvalue weighted by Gasteiger charge is -2.14. The lowest BCUT2D eigenvalue weighted by molar-refractivity contribution is -0.151. The lowest BCUT2D eigenvalue weighted by atomic mass is 10.2. The first kappa shape index (κ1) is 30.4. The summed E-state index contributed by atoms with van der Waals surface area (Å²) in [5, 5.41) is 0. The van der Waals surface area contributed by atoms with Crippen molar-refractivity contribution in [2.45, 2.75) is 26.1 Å². The van der Waals surface area contributed by atoms with E-state index in [1.165, 1.54) is 0 Å². The Kier molecular flexibility index (Phi) is 13.0. The van der Waals surface area contributed by atoms with E-state index < -0.39 is 11.9 Å². The van der Waals surface area contributed by atoms with Crippen LogP contribution in [0.3, 0.4) is 0 Å². The van der Waals surface area contributed by atoms with Crippen LogP contribution in [0.5, 0.6) is 0 Å². The largest absolute Gasteiger partial charge is 0.461 e. The Labute approximate surface area is 268 Å². The summed E-state index contributed by atoms with van der Waals surface area (Å²) in [6.45, 7) is 0.0563. The molecular weight excluding hydrogens is 1080 g/mol. The molecule has 0 heterocycles. The van der Waals surface area contributed by atoms with Crippen LogP contribution in [0.25, 0.3) is 0 Å². The summed E-state index contributed by atoms with van der Waals surface area (Å²) in [6, 6.07) is 0. The Balaban J connectivity index is 1.92. The monoisotopic (exact) mass is 1080 g/mol. The normalized spacial score (nSPS) is 10.9. The van der Waals surface area contributed by atoms with E-state index in [0.29, 0.717) is 0 Å². The smallest absolute Gasteiger partial charge is 0.306 e. The van der Waals surface area contributed by atoms with Crippen molar-refractivity contribution >= 4 is 171 Å². The number of rotatable bonds is 7. The highest BCUT2D eigenvalue weighted by Gasteiger charge is 2.21. The summed E-state index contributed by atoms with van der Waals surface area (Å²) in [6.07, 6.45) is -0.188. The molecule has 0 aliphatic carbocycles. The first-order valence-electron chi connectivity index (χ1n) is 8.20. The fraction of sp³-hybridized carbons (Fsp3) is 0.222. The van der Waals surface area contributed by atoms with Crippen LogP contribution in [0.15, 0.2) is 44.7 Å². The zero-order valence-corrected chi connectivity index (χ0v) is 31.1. The van der Waals surface area contributed by atoms with Gasteiger partial charge in [-0.15, -0.1) is 0 Å². The zero-order chi connectivity index (χ0) is 24.3. The van der Waals surface area contributed by atoms with E-state index in [4.69, 9.17) is 9.47 Å². The Bertz CT molecular complexity index is 943. The van der Waals surface area contributed by atoms with Crippen LogP contribution in [0.2, 0.25) is 0 Å². The highest BCUT2D eigenvalue weighted by Crippen LogP contribution is 2.46. The third kappa shape index (κ3) is 7.36. The standard InChI is InChI=1S/C18H8Br10O4/c19-9-5(10(20)14(24)17(27)13(9)23)3-31-7(29)1-2-8(30)32-4-6-11(21)15(25)18(28)16(26)12(6)22/h1-4H2. The highest BCUT2D eigenvalue weighted by molar-refractivity contribution is 9.16. The van der Waals surface area contributed by atoms with Crippen molar-refractivity contribution in [3.63, 3.8) is 0 Å². The predicted octanol–water partition coefficient (Wildman–Crippen LogP) is 10.9. The molecule has 0 radical (unpaired) electrons. The first-order chi connectivity index (χ1) is 14.9. The maximum Gasteiger partial charge on any atom is 0.306 e. The van der Waals surface area contributed by atoms with Gasteiger partial charge in [-0.1, -0.05) is 0 Å². The van der Waals surface area contributed by atoms with Gasteiger partial charge < -0.3 is 9.47 Å². The molecule has 0 unspecified atom stereocenters. The number of ether oxygens (including phenoxy) is 2. The van der Waals surface area contributed by atoms with Crippen molar-refractivity contribution in [1.82, 2.24) is 0 Å². The van der Waals surface area contributed by atoms with Crippen LogP contribution in [-0.4, -0.2) is 11.9 Å². The molecule has 0 N–H and O–H groups in total. The molecule has 174 valence electrons. The fourth-order valence-electron chi connectivity index (χ4n) is 2.21. The van der Waals surface area contributed by atoms with Gasteiger partial charge in [0.2, 0.25) is 0 Å². The Morgan fingerprint density at radius 1 is 0.438 bits per heavy atom. The lowest BCUT2D eigenvalue weighted by Crippen LogP contribution is -2.11. The van der Waals surface area contributed by atoms with Crippen molar-refractivity contribution in [3.8, 4) is 0 Å². The minimum absolute atomic E-state index is 0.0281. The van der Waals surface area contributed by atoms with Crippen LogP contribution in [0, 0.1) is 0 Å². The molecule has 0 saturated carbocycles. The van der Waals surface area contributed by atoms with Crippen LogP contribution in [0.1, 0.15) is 24.0 Å². The quantitative estimate of drug-likeness (QED) is 0.158. The Morgan fingerprint density at radius 3 is 0.906 bits per heavy atom. The molecule has 0 saturated heterocycles. The molecule has 2 rings (SSSR count). The van der Waals surface area contributed by atoms with Crippen LogP contribution < -0.4 is 0 Å². The maximum absolute atomic E-state index is 12.2. The second-order valence-electron chi connectivity index (χ2n) is 5.92. The van der Waals surface area contributed by atoms with E-state index in [1.54, 1.807) is 0 Å². The minimum atomic E-state index is -0.507. The zero-order valence-electron chi connectivity index (χ0n) is 15.2. The summed E-state index contributed by atoms with van der Waals surface area (Å²) >= 11 is 34.7. The number of carbonyl (C=O) groups is 2. The number of esters is 2. The molecule has 0 fully saturated rings. The summed E-state index contributed by atoms with van der Waals surface area (Å²) in [7, 11) is 0. The molecule has 2 aromatic rings. The molecule has 32 heavy (non-hydrogen) atoms. The van der Waals surface area contributed by atoms with Gasteiger partial charge in [-0.3, -0.25) is 9.59 Å². The van der Waals surface area contributed by atoms with E-state index in [0.717, 1.165) is 55.9 Å². The summed E-state index contributed by atoms with van der Waals surface area (Å²) in [5.41, 5.74) is 1.48. The van der Waals surface area contributed by atoms with E-state index >= 15 is 0 Å². The highest BCUT2D eigenvalue weighted by atomic mass is 79.9. The topological polar surface area (TPSA) is 52.6 Å². The van der Waals surface area contributed by atoms with Gasteiger partial charge in [-0.05, 0) is 159 Å². The van der Waals surface area contributed by atoms with Gasteiger partial charge in [0.15, 0.2) is 0 Å². The number of benzene rings is 2. The summed E-state index contributed by atoms with van der Waals surface area (Å²) < 4.78 is 18.4. The van der Waals surface area contributed by atoms with Crippen LogP contribution in [0.4, 0.5) is 0 Å². The summed E-state index contributed by atoms with van der Waals surface area (Å²) in [5.74, 6) is -1.01. The number of carbonyl (C=O) groups excluding carboxylic acids is 2. The second kappa shape index (κ2) is 13.6. The van der Waals surface area contributed by atoms with Gasteiger partial charge in [0.1, 0.15) is 13.2 Å². The molecule has 0 atom stereocenters. The van der Waals surface area contributed by atoms with Crippen molar-refractivity contribution in [2.24, 2.45) is 0 Å². The third-order valence-corrected chi connectivity index (χ3v) is 16.4. The molecule has 0 aromatic heterocycles. The Hall–Kier alpha value is 2.18. The molecular formula is C18H8Br10O4. The molecule has 2 aromatic carbocycles. The third-order valence-electron chi connectivity index (χ3n) is 3.89. The van der Waals surface area contributed by atoms with Crippen molar-refractivity contribution in [1.29, 1.82) is 0 Å². The minimum Gasteiger partial charge on any atom is -0.461 e. The van der Waals surface area contributed by atoms with Gasteiger partial charge in [0.05, 0.1) is 12.8 Å². The fourth-order valence-corrected chi connectivity index (χ4v) is 8.92. The second-order valence-corrected chi connectivity index (χ2v) is 13.8. The molecule has 0 spiro atoms. The van der Waals surface area contributed by atoms with E-state index in [1.807, 2.05) is 0 Å². The number of hydrogen-bond donors (Lipinski definition) is 0. The molecule has 4 nitrogen and oxygen atoms in total. The Morgan fingerprint density at radius 2 is 0.656 bits per heavy atom. The summed E-state index contributed by atoms with van der Waals surface area (Å²) in [4.78, 5) is 24.3. The van der Waals surface area contributed by atoms with Gasteiger partial charge in [0.25, 0.3) is 0 Å². The van der Waals surface area contributed by atoms with Crippen LogP contribution >= 0.6 is 159 Å². The molecule has 0 amide bonds. The first-order valence-corrected chi connectivity index (χ1v) is 16.1. The van der Waals surface area contributed by atoms with Crippen molar-refractivity contribution < 1.29 is 19.1 Å². The maximum atomic E-state index is 12.2. The number of halogens is 10. The van der Waals surface area contributed by atoms with Crippen LogP contribution in [-0.2, 0) is 32.3 Å².